The lowest BCUT2D eigenvalue weighted by atomic mass is 10.1. The smallest absolute Gasteiger partial charge is 0.244 e. The molecule has 3 rings (SSSR count). The molecule has 0 bridgehead atoms. The van der Waals surface area contributed by atoms with E-state index in [4.69, 9.17) is 9.47 Å². The molecule has 0 aliphatic rings. The predicted molar refractivity (Wildman–Crippen MR) is 78.2 cm³/mol. The van der Waals surface area contributed by atoms with Crippen molar-refractivity contribution >= 4 is 11.4 Å². The molecule has 2 aromatic heterocycles. The maximum atomic E-state index is 12.7. The fourth-order valence-electron chi connectivity index (χ4n) is 2.20. The van der Waals surface area contributed by atoms with Crippen molar-refractivity contribution in [3.63, 3.8) is 0 Å². The maximum absolute atomic E-state index is 12.7. The van der Waals surface area contributed by atoms with E-state index < -0.39 is 0 Å². The third-order valence-corrected chi connectivity index (χ3v) is 3.26. The van der Waals surface area contributed by atoms with Crippen LogP contribution in [0.5, 0.6) is 11.6 Å². The Balaban J connectivity index is 2.11. The third-order valence-electron chi connectivity index (χ3n) is 3.26. The summed E-state index contributed by atoms with van der Waals surface area (Å²) in [5, 5.41) is 0. The van der Waals surface area contributed by atoms with Crippen LogP contribution >= 0.6 is 0 Å². The SMILES string of the molecule is COc1ccc(C(=O)c2c(OC)nc3ccccn23)cc1. The van der Waals surface area contributed by atoms with Crippen LogP contribution in [0.1, 0.15) is 16.1 Å². The highest BCUT2D eigenvalue weighted by atomic mass is 16.5. The van der Waals surface area contributed by atoms with E-state index in [9.17, 15) is 4.79 Å². The molecule has 0 unspecified atom stereocenters. The number of pyridine rings is 1. The molecule has 0 aliphatic carbocycles. The van der Waals surface area contributed by atoms with E-state index in [1.54, 1.807) is 42.0 Å². The highest BCUT2D eigenvalue weighted by Gasteiger charge is 2.21. The van der Waals surface area contributed by atoms with Gasteiger partial charge in [-0.05, 0) is 36.4 Å². The van der Waals surface area contributed by atoms with Gasteiger partial charge in [-0.25, -0.2) is 0 Å². The second-order valence-corrected chi connectivity index (χ2v) is 4.46. The highest BCUT2D eigenvalue weighted by Crippen LogP contribution is 2.23. The van der Waals surface area contributed by atoms with Crippen LogP contribution in [0.15, 0.2) is 48.7 Å². The molecule has 0 radical (unpaired) electrons. The zero-order chi connectivity index (χ0) is 14.8. The van der Waals surface area contributed by atoms with Crippen molar-refractivity contribution in [1.82, 2.24) is 9.38 Å². The van der Waals surface area contributed by atoms with Gasteiger partial charge in [0.15, 0.2) is 5.69 Å². The topological polar surface area (TPSA) is 52.8 Å². The van der Waals surface area contributed by atoms with Gasteiger partial charge in [0.05, 0.1) is 14.2 Å². The first-order chi connectivity index (χ1) is 10.2. The van der Waals surface area contributed by atoms with Gasteiger partial charge < -0.3 is 9.47 Å². The second kappa shape index (κ2) is 5.28. The number of hydrogen-bond acceptors (Lipinski definition) is 4. The summed E-state index contributed by atoms with van der Waals surface area (Å²) in [5.74, 6) is 0.881. The summed E-state index contributed by atoms with van der Waals surface area (Å²) in [6.45, 7) is 0. The molecule has 0 saturated heterocycles. The Labute approximate surface area is 121 Å². The van der Waals surface area contributed by atoms with E-state index in [2.05, 4.69) is 4.98 Å². The number of fused-ring (bicyclic) bond motifs is 1. The number of methoxy groups -OCH3 is 2. The summed E-state index contributed by atoms with van der Waals surface area (Å²) >= 11 is 0. The molecule has 21 heavy (non-hydrogen) atoms. The molecular formula is C16H14N2O3. The summed E-state index contributed by atoms with van der Waals surface area (Å²) in [7, 11) is 3.09. The monoisotopic (exact) mass is 282 g/mol. The van der Waals surface area contributed by atoms with Gasteiger partial charge in [0.2, 0.25) is 11.7 Å². The first-order valence-electron chi connectivity index (χ1n) is 6.44. The van der Waals surface area contributed by atoms with Gasteiger partial charge in [0.1, 0.15) is 11.4 Å². The number of ketones is 1. The molecular weight excluding hydrogens is 268 g/mol. The van der Waals surface area contributed by atoms with Crippen molar-refractivity contribution < 1.29 is 14.3 Å². The standard InChI is InChI=1S/C16H14N2O3/c1-20-12-8-6-11(7-9-12)15(19)14-16(21-2)17-13-5-3-4-10-18(13)14/h3-10H,1-2H3. The number of hydrogen-bond donors (Lipinski definition) is 0. The highest BCUT2D eigenvalue weighted by molar-refractivity contribution is 6.10. The minimum Gasteiger partial charge on any atom is -0.497 e. The van der Waals surface area contributed by atoms with E-state index in [1.165, 1.54) is 7.11 Å². The number of rotatable bonds is 4. The van der Waals surface area contributed by atoms with Crippen molar-refractivity contribution in [3.05, 3.63) is 59.9 Å². The summed E-state index contributed by atoms with van der Waals surface area (Å²) in [4.78, 5) is 17.0. The zero-order valence-electron chi connectivity index (χ0n) is 11.7. The summed E-state index contributed by atoms with van der Waals surface area (Å²) in [6, 6.07) is 12.5. The molecule has 0 atom stereocenters. The van der Waals surface area contributed by atoms with Gasteiger partial charge in [-0.1, -0.05) is 6.07 Å². The molecule has 0 N–H and O–H groups in total. The van der Waals surface area contributed by atoms with Gasteiger partial charge in [-0.2, -0.15) is 4.98 Å². The Morgan fingerprint density at radius 2 is 1.81 bits per heavy atom. The fourth-order valence-corrected chi connectivity index (χ4v) is 2.20. The lowest BCUT2D eigenvalue weighted by Gasteiger charge is -2.04. The van der Waals surface area contributed by atoms with Crippen molar-refractivity contribution in [2.45, 2.75) is 0 Å². The van der Waals surface area contributed by atoms with Crippen LogP contribution in [-0.4, -0.2) is 29.4 Å². The maximum Gasteiger partial charge on any atom is 0.244 e. The van der Waals surface area contributed by atoms with Crippen molar-refractivity contribution in [2.75, 3.05) is 14.2 Å². The Morgan fingerprint density at radius 3 is 2.48 bits per heavy atom. The Morgan fingerprint density at radius 1 is 1.05 bits per heavy atom. The lowest BCUT2D eigenvalue weighted by molar-refractivity contribution is 0.103. The molecule has 5 nitrogen and oxygen atoms in total. The van der Waals surface area contributed by atoms with E-state index >= 15 is 0 Å². The largest absolute Gasteiger partial charge is 0.497 e. The number of carbonyl (C=O) groups is 1. The fraction of sp³-hybridized carbons (Fsp3) is 0.125. The van der Waals surface area contributed by atoms with Crippen LogP contribution in [0.25, 0.3) is 5.65 Å². The number of carbonyl (C=O) groups excluding carboxylic acids is 1. The van der Waals surface area contributed by atoms with Crippen LogP contribution in [0, 0.1) is 0 Å². The molecule has 0 aliphatic heterocycles. The number of benzene rings is 1. The third kappa shape index (κ3) is 2.23. The molecule has 0 amide bonds. The van der Waals surface area contributed by atoms with Crippen LogP contribution in [0.4, 0.5) is 0 Å². The average Bonchev–Trinajstić information content (AvgIpc) is 2.92. The normalized spacial score (nSPS) is 10.6. The molecule has 5 heteroatoms. The Hall–Kier alpha value is -2.82. The van der Waals surface area contributed by atoms with Crippen LogP contribution in [-0.2, 0) is 0 Å². The molecule has 3 aromatic rings. The molecule has 0 fully saturated rings. The number of imidazole rings is 1. The molecule has 1 aromatic carbocycles. The van der Waals surface area contributed by atoms with Gasteiger partial charge >= 0.3 is 0 Å². The van der Waals surface area contributed by atoms with Gasteiger partial charge in [0, 0.05) is 11.8 Å². The quantitative estimate of drug-likeness (QED) is 0.690. The van der Waals surface area contributed by atoms with E-state index in [0.717, 1.165) is 0 Å². The molecule has 0 saturated carbocycles. The van der Waals surface area contributed by atoms with E-state index in [-0.39, 0.29) is 5.78 Å². The van der Waals surface area contributed by atoms with Crippen molar-refractivity contribution in [2.24, 2.45) is 0 Å². The first kappa shape index (κ1) is 13.2. The van der Waals surface area contributed by atoms with Crippen molar-refractivity contribution in [3.8, 4) is 11.6 Å². The minimum atomic E-state index is -0.145. The van der Waals surface area contributed by atoms with E-state index in [0.29, 0.717) is 28.5 Å². The van der Waals surface area contributed by atoms with Crippen LogP contribution < -0.4 is 9.47 Å². The van der Waals surface area contributed by atoms with Gasteiger partial charge in [-0.3, -0.25) is 9.20 Å². The molecule has 0 spiro atoms. The van der Waals surface area contributed by atoms with Gasteiger partial charge in [0.25, 0.3) is 0 Å². The first-order valence-corrected chi connectivity index (χ1v) is 6.44. The Kier molecular flexibility index (Phi) is 3.31. The van der Waals surface area contributed by atoms with Crippen molar-refractivity contribution in [1.29, 1.82) is 0 Å². The average molecular weight is 282 g/mol. The number of nitrogens with zero attached hydrogens (tertiary/aromatic N) is 2. The summed E-state index contributed by atoms with van der Waals surface area (Å²) in [5.41, 5.74) is 1.64. The predicted octanol–water partition coefficient (Wildman–Crippen LogP) is 2.58. The van der Waals surface area contributed by atoms with Gasteiger partial charge in [-0.15, -0.1) is 0 Å². The second-order valence-electron chi connectivity index (χ2n) is 4.46. The zero-order valence-corrected chi connectivity index (χ0v) is 11.7. The number of aromatic nitrogens is 2. The summed E-state index contributed by atoms with van der Waals surface area (Å²) < 4.78 is 12.1. The van der Waals surface area contributed by atoms with Crippen LogP contribution in [0.2, 0.25) is 0 Å². The van der Waals surface area contributed by atoms with Crippen LogP contribution in [0.3, 0.4) is 0 Å². The number of ether oxygens (including phenoxy) is 2. The molecule has 2 heterocycles. The molecule has 106 valence electrons. The minimum absolute atomic E-state index is 0.145. The lowest BCUT2D eigenvalue weighted by Crippen LogP contribution is -2.07. The Bertz CT molecular complexity index is 791. The van der Waals surface area contributed by atoms with E-state index in [1.807, 2.05) is 18.2 Å². The summed E-state index contributed by atoms with van der Waals surface area (Å²) in [6.07, 6.45) is 1.79.